The Morgan fingerprint density at radius 2 is 1.28 bits per heavy atom. The average molecular weight is 389 g/mol. The maximum absolute atomic E-state index is 13.2. The molecule has 0 N–H and O–H groups in total. The van der Waals surface area contributed by atoms with Crippen LogP contribution in [0.25, 0.3) is 12.2 Å². The van der Waals surface area contributed by atoms with E-state index in [0.29, 0.717) is 13.1 Å². The maximum Gasteiger partial charge on any atom is 0.187 e. The van der Waals surface area contributed by atoms with Gasteiger partial charge < -0.3 is 9.47 Å². The summed E-state index contributed by atoms with van der Waals surface area (Å²) in [6.45, 7) is 2.48. The van der Waals surface area contributed by atoms with Gasteiger partial charge in [0.2, 0.25) is 0 Å². The minimum absolute atomic E-state index is 0.142. The molecule has 2 fully saturated rings. The second-order valence-electron chi connectivity index (χ2n) is 7.83. The van der Waals surface area contributed by atoms with Crippen molar-refractivity contribution >= 4 is 17.9 Å². The molecule has 1 saturated heterocycles. The topological polar surface area (TPSA) is 38.8 Å². The first-order valence-corrected chi connectivity index (χ1v) is 10.1. The van der Waals surface area contributed by atoms with Gasteiger partial charge in [0.25, 0.3) is 0 Å². The smallest absolute Gasteiger partial charge is 0.187 e. The highest BCUT2D eigenvalue weighted by molar-refractivity contribution is 6.14. The summed E-state index contributed by atoms with van der Waals surface area (Å²) >= 11 is 0. The number of ketones is 1. The van der Waals surface area contributed by atoms with E-state index in [1.807, 2.05) is 60.7 Å². The first-order chi connectivity index (χ1) is 14.1. The summed E-state index contributed by atoms with van der Waals surface area (Å²) in [7, 11) is 3.31. The van der Waals surface area contributed by atoms with Crippen molar-refractivity contribution in [3.8, 4) is 11.5 Å². The predicted octanol–water partition coefficient (Wildman–Crippen LogP) is 4.47. The van der Waals surface area contributed by atoms with Crippen LogP contribution in [0.1, 0.15) is 24.0 Å². The quantitative estimate of drug-likeness (QED) is 0.684. The Morgan fingerprint density at radius 3 is 1.66 bits per heavy atom. The van der Waals surface area contributed by atoms with Crippen LogP contribution < -0.4 is 9.47 Å². The Kier molecular flexibility index (Phi) is 5.81. The number of carbonyl (C=O) groups is 1. The van der Waals surface area contributed by atoms with Gasteiger partial charge in [-0.25, -0.2) is 0 Å². The third-order valence-electron chi connectivity index (χ3n) is 5.50. The van der Waals surface area contributed by atoms with Gasteiger partial charge in [-0.2, -0.15) is 0 Å². The summed E-state index contributed by atoms with van der Waals surface area (Å²) in [4.78, 5) is 15.6. The number of hydrogen-bond acceptors (Lipinski definition) is 4. The number of hydrogen-bond donors (Lipinski definition) is 0. The van der Waals surface area contributed by atoms with E-state index < -0.39 is 0 Å². The Bertz CT molecular complexity index is 852. The number of Topliss-reactive ketones (excluding diaryl/α,β-unsaturated/α-hetero) is 1. The highest BCUT2D eigenvalue weighted by atomic mass is 16.5. The molecule has 1 heterocycles. The van der Waals surface area contributed by atoms with Gasteiger partial charge in [-0.1, -0.05) is 24.3 Å². The molecule has 29 heavy (non-hydrogen) atoms. The lowest BCUT2D eigenvalue weighted by Gasteiger charge is -2.30. The van der Waals surface area contributed by atoms with Crippen LogP contribution in [0.3, 0.4) is 0 Å². The Balaban J connectivity index is 1.61. The first-order valence-electron chi connectivity index (χ1n) is 10.1. The van der Waals surface area contributed by atoms with E-state index in [0.717, 1.165) is 46.2 Å². The van der Waals surface area contributed by atoms with Crippen molar-refractivity contribution in [3.05, 3.63) is 70.8 Å². The standard InChI is InChI=1S/C25H27NO3/c1-28-23-9-5-18(6-10-23)13-21-16-26(15-20-3-4-20)17-22(25(21)27)14-19-7-11-24(29-2)12-8-19/h5-14,20H,3-4,15-17H2,1-2H3/b21-13-,22-14+. The van der Waals surface area contributed by atoms with Gasteiger partial charge in [0.1, 0.15) is 11.5 Å². The normalized spacial score (nSPS) is 20.3. The monoisotopic (exact) mass is 389 g/mol. The zero-order chi connectivity index (χ0) is 20.2. The molecule has 1 aliphatic heterocycles. The van der Waals surface area contributed by atoms with Gasteiger partial charge in [-0.05, 0) is 66.3 Å². The van der Waals surface area contributed by atoms with Crippen molar-refractivity contribution in [2.45, 2.75) is 12.8 Å². The molecule has 4 heteroatoms. The van der Waals surface area contributed by atoms with Crippen molar-refractivity contribution in [2.75, 3.05) is 33.9 Å². The molecule has 2 aliphatic rings. The SMILES string of the molecule is COc1ccc(/C=C2/CN(CC3CC3)C/C(=C\c3ccc(OC)cc3)C2=O)cc1. The number of carbonyl (C=O) groups excluding carboxylic acids is 1. The van der Waals surface area contributed by atoms with Gasteiger partial charge in [-0.15, -0.1) is 0 Å². The van der Waals surface area contributed by atoms with E-state index in [9.17, 15) is 4.79 Å². The minimum Gasteiger partial charge on any atom is -0.497 e. The molecule has 2 aromatic rings. The molecular formula is C25H27NO3. The molecule has 150 valence electrons. The maximum atomic E-state index is 13.2. The fraction of sp³-hybridized carbons (Fsp3) is 0.320. The van der Waals surface area contributed by atoms with Crippen LogP contribution in [0.15, 0.2) is 59.7 Å². The molecule has 2 aromatic carbocycles. The van der Waals surface area contributed by atoms with E-state index in [2.05, 4.69) is 4.90 Å². The van der Waals surface area contributed by atoms with Gasteiger partial charge in [0.05, 0.1) is 14.2 Å². The molecule has 4 rings (SSSR count). The number of nitrogens with zero attached hydrogens (tertiary/aromatic N) is 1. The van der Waals surface area contributed by atoms with Gasteiger partial charge in [0, 0.05) is 30.8 Å². The second-order valence-corrected chi connectivity index (χ2v) is 7.83. The number of ether oxygens (including phenoxy) is 2. The van der Waals surface area contributed by atoms with E-state index in [1.165, 1.54) is 12.8 Å². The first kappa shape index (κ1) is 19.5. The van der Waals surface area contributed by atoms with Crippen LogP contribution in [0, 0.1) is 5.92 Å². The third kappa shape index (κ3) is 4.96. The number of methoxy groups -OCH3 is 2. The third-order valence-corrected chi connectivity index (χ3v) is 5.50. The Morgan fingerprint density at radius 1 is 0.828 bits per heavy atom. The zero-order valence-electron chi connectivity index (χ0n) is 17.1. The van der Waals surface area contributed by atoms with Crippen molar-refractivity contribution in [1.82, 2.24) is 4.90 Å². The largest absolute Gasteiger partial charge is 0.497 e. The number of piperidine rings is 1. The Labute approximate surface area is 172 Å². The molecule has 4 nitrogen and oxygen atoms in total. The fourth-order valence-electron chi connectivity index (χ4n) is 3.71. The molecule has 0 amide bonds. The van der Waals surface area contributed by atoms with Crippen LogP contribution in [0.5, 0.6) is 11.5 Å². The Hall–Kier alpha value is -2.85. The average Bonchev–Trinajstić information content (AvgIpc) is 3.56. The molecule has 0 spiro atoms. The van der Waals surface area contributed by atoms with Crippen LogP contribution in [-0.4, -0.2) is 44.5 Å². The van der Waals surface area contributed by atoms with E-state index >= 15 is 0 Å². The molecule has 0 aromatic heterocycles. The summed E-state index contributed by atoms with van der Waals surface area (Å²) in [6, 6.07) is 15.7. The summed E-state index contributed by atoms with van der Waals surface area (Å²) in [5.41, 5.74) is 3.74. The fourth-order valence-corrected chi connectivity index (χ4v) is 3.71. The molecule has 1 aliphatic carbocycles. The van der Waals surface area contributed by atoms with Crippen LogP contribution in [-0.2, 0) is 4.79 Å². The van der Waals surface area contributed by atoms with E-state index in [4.69, 9.17) is 9.47 Å². The molecular weight excluding hydrogens is 362 g/mol. The molecule has 0 radical (unpaired) electrons. The van der Waals surface area contributed by atoms with Crippen LogP contribution in [0.4, 0.5) is 0 Å². The zero-order valence-corrected chi connectivity index (χ0v) is 17.1. The lowest BCUT2D eigenvalue weighted by atomic mass is 9.94. The molecule has 0 unspecified atom stereocenters. The van der Waals surface area contributed by atoms with Crippen molar-refractivity contribution in [3.63, 3.8) is 0 Å². The van der Waals surface area contributed by atoms with E-state index in [-0.39, 0.29) is 5.78 Å². The predicted molar refractivity (Wildman–Crippen MR) is 116 cm³/mol. The van der Waals surface area contributed by atoms with Gasteiger partial charge in [-0.3, -0.25) is 9.69 Å². The van der Waals surface area contributed by atoms with Crippen molar-refractivity contribution in [2.24, 2.45) is 5.92 Å². The summed E-state index contributed by atoms with van der Waals surface area (Å²) < 4.78 is 10.5. The summed E-state index contributed by atoms with van der Waals surface area (Å²) in [5, 5.41) is 0. The van der Waals surface area contributed by atoms with Crippen LogP contribution in [0.2, 0.25) is 0 Å². The van der Waals surface area contributed by atoms with Crippen LogP contribution >= 0.6 is 0 Å². The number of likely N-dealkylation sites (tertiary alicyclic amines) is 1. The number of benzene rings is 2. The highest BCUT2D eigenvalue weighted by Crippen LogP contribution is 2.32. The van der Waals surface area contributed by atoms with Gasteiger partial charge >= 0.3 is 0 Å². The molecule has 0 atom stereocenters. The minimum atomic E-state index is 0.142. The second kappa shape index (κ2) is 8.66. The summed E-state index contributed by atoms with van der Waals surface area (Å²) in [6.07, 6.45) is 6.64. The lowest BCUT2D eigenvalue weighted by molar-refractivity contribution is -0.113. The highest BCUT2D eigenvalue weighted by Gasteiger charge is 2.30. The molecule has 0 bridgehead atoms. The lowest BCUT2D eigenvalue weighted by Crippen LogP contribution is -2.38. The van der Waals surface area contributed by atoms with Gasteiger partial charge in [0.15, 0.2) is 5.78 Å². The summed E-state index contributed by atoms with van der Waals surface area (Å²) in [5.74, 6) is 2.56. The van der Waals surface area contributed by atoms with Crippen molar-refractivity contribution < 1.29 is 14.3 Å². The molecule has 1 saturated carbocycles. The number of rotatable bonds is 6. The van der Waals surface area contributed by atoms with E-state index in [1.54, 1.807) is 14.2 Å². The van der Waals surface area contributed by atoms with Crippen molar-refractivity contribution in [1.29, 1.82) is 0 Å².